The summed E-state index contributed by atoms with van der Waals surface area (Å²) in [6, 6.07) is 6.29. The van der Waals surface area contributed by atoms with Crippen LogP contribution in [0.4, 0.5) is 0 Å². The van der Waals surface area contributed by atoms with Gasteiger partial charge in [-0.15, -0.1) is 0 Å². The van der Waals surface area contributed by atoms with E-state index < -0.39 is 10.0 Å². The minimum Gasteiger partial charge on any atom is -0.267 e. The van der Waals surface area contributed by atoms with Crippen LogP contribution in [0.25, 0.3) is 0 Å². The van der Waals surface area contributed by atoms with Crippen LogP contribution in [-0.2, 0) is 10.0 Å². The molecule has 0 spiro atoms. The van der Waals surface area contributed by atoms with Crippen molar-refractivity contribution in [2.24, 2.45) is 21.8 Å². The fourth-order valence-corrected chi connectivity index (χ4v) is 6.90. The first-order valence-electron chi connectivity index (χ1n) is 10.6. The monoisotopic (exact) mass is 417 g/mol. The van der Waals surface area contributed by atoms with Gasteiger partial charge in [0.05, 0.1) is 4.90 Å². The molecule has 3 aliphatic rings. The Hall–Kier alpha value is -1.73. The van der Waals surface area contributed by atoms with Crippen LogP contribution in [0.5, 0.6) is 0 Å². The molecule has 0 unspecified atom stereocenters. The molecular weight excluding hydrogens is 386 g/mol. The lowest BCUT2D eigenvalue weighted by molar-refractivity contribution is 0.0953. The van der Waals surface area contributed by atoms with Crippen molar-refractivity contribution in [2.45, 2.75) is 64.2 Å². The highest BCUT2D eigenvalue weighted by atomic mass is 32.2. The molecule has 158 valence electrons. The van der Waals surface area contributed by atoms with E-state index in [-0.39, 0.29) is 21.6 Å². The van der Waals surface area contributed by atoms with Crippen molar-refractivity contribution >= 4 is 21.6 Å². The van der Waals surface area contributed by atoms with Gasteiger partial charge in [0.25, 0.3) is 5.91 Å². The smallest absolute Gasteiger partial charge is 0.267 e. The molecule has 4 rings (SSSR count). The van der Waals surface area contributed by atoms with E-state index in [1.54, 1.807) is 18.2 Å². The highest BCUT2D eigenvalue weighted by Crippen LogP contribution is 2.63. The van der Waals surface area contributed by atoms with Crippen molar-refractivity contribution in [3.63, 3.8) is 0 Å². The Morgan fingerprint density at radius 2 is 1.90 bits per heavy atom. The molecule has 1 aromatic rings. The molecular formula is C22H31N3O3S. The molecule has 2 aliphatic carbocycles. The average Bonchev–Trinajstić information content (AvgIpc) is 3.06. The Morgan fingerprint density at radius 3 is 2.52 bits per heavy atom. The Kier molecular flexibility index (Phi) is 5.10. The molecule has 2 bridgehead atoms. The molecule has 1 amide bonds. The van der Waals surface area contributed by atoms with E-state index in [1.807, 2.05) is 0 Å². The van der Waals surface area contributed by atoms with E-state index in [2.05, 4.69) is 31.3 Å². The quantitative estimate of drug-likeness (QED) is 0.757. The van der Waals surface area contributed by atoms with Crippen LogP contribution in [-0.4, -0.2) is 37.4 Å². The van der Waals surface area contributed by atoms with Crippen molar-refractivity contribution in [1.29, 1.82) is 0 Å². The predicted molar refractivity (Wildman–Crippen MR) is 113 cm³/mol. The van der Waals surface area contributed by atoms with E-state index >= 15 is 0 Å². The van der Waals surface area contributed by atoms with E-state index in [0.717, 1.165) is 37.8 Å². The number of piperidine rings is 1. The number of hydrogen-bond donors (Lipinski definition) is 1. The summed E-state index contributed by atoms with van der Waals surface area (Å²) in [7, 11) is -3.56. The lowest BCUT2D eigenvalue weighted by Crippen LogP contribution is -2.35. The third-order valence-corrected chi connectivity index (χ3v) is 9.75. The summed E-state index contributed by atoms with van der Waals surface area (Å²) >= 11 is 0. The van der Waals surface area contributed by atoms with Crippen molar-refractivity contribution in [3.8, 4) is 0 Å². The number of hydrogen-bond acceptors (Lipinski definition) is 4. The molecule has 0 aromatic heterocycles. The van der Waals surface area contributed by atoms with Crippen molar-refractivity contribution < 1.29 is 13.2 Å². The summed E-state index contributed by atoms with van der Waals surface area (Å²) in [5, 5.41) is 4.49. The standard InChI is InChI=1S/C22H31N3O3S/c1-21(2)17-10-11-22(21,3)19(15-17)23-24-20(26)16-8-7-9-18(14-16)29(27,28)25-12-5-4-6-13-25/h7-9,14,17H,4-6,10-13,15H2,1-3H3,(H,24,26)/b23-19+/t17-,22+/m0/s1. The average molecular weight is 418 g/mol. The van der Waals surface area contributed by atoms with Gasteiger partial charge in [0.2, 0.25) is 10.0 Å². The molecule has 1 aliphatic heterocycles. The van der Waals surface area contributed by atoms with Crippen molar-refractivity contribution in [1.82, 2.24) is 9.73 Å². The Bertz CT molecular complexity index is 948. The van der Waals surface area contributed by atoms with E-state index in [4.69, 9.17) is 0 Å². The van der Waals surface area contributed by atoms with Gasteiger partial charge < -0.3 is 0 Å². The summed E-state index contributed by atoms with van der Waals surface area (Å²) < 4.78 is 27.3. The number of benzene rings is 1. The van der Waals surface area contributed by atoms with E-state index in [1.165, 1.54) is 16.8 Å². The molecule has 1 saturated heterocycles. The third-order valence-electron chi connectivity index (χ3n) is 7.85. The third kappa shape index (κ3) is 3.32. The largest absolute Gasteiger partial charge is 0.271 e. The van der Waals surface area contributed by atoms with Gasteiger partial charge in [0.15, 0.2) is 0 Å². The molecule has 1 aromatic carbocycles. The van der Waals surface area contributed by atoms with Crippen LogP contribution in [0.15, 0.2) is 34.3 Å². The number of carbonyl (C=O) groups is 1. The van der Waals surface area contributed by atoms with Crippen LogP contribution in [0.1, 0.15) is 69.7 Å². The van der Waals surface area contributed by atoms with Crippen LogP contribution in [0.3, 0.4) is 0 Å². The van der Waals surface area contributed by atoms with Gasteiger partial charge in [-0.25, -0.2) is 13.8 Å². The second-order valence-corrected chi connectivity index (χ2v) is 11.4. The number of fused-ring (bicyclic) bond motifs is 2. The summed E-state index contributed by atoms with van der Waals surface area (Å²) in [6.07, 6.45) is 6.06. The van der Waals surface area contributed by atoms with Gasteiger partial charge in [-0.2, -0.15) is 9.41 Å². The number of carbonyl (C=O) groups excluding carboxylic acids is 1. The molecule has 2 atom stereocenters. The number of nitrogens with one attached hydrogen (secondary N) is 1. The Morgan fingerprint density at radius 1 is 1.17 bits per heavy atom. The maximum atomic E-state index is 12.9. The zero-order valence-corrected chi connectivity index (χ0v) is 18.4. The normalized spacial score (nSPS) is 30.6. The minimum atomic E-state index is -3.56. The van der Waals surface area contributed by atoms with E-state index in [0.29, 0.717) is 24.6 Å². The zero-order valence-electron chi connectivity index (χ0n) is 17.6. The molecule has 6 nitrogen and oxygen atoms in total. The fourth-order valence-electron chi connectivity index (χ4n) is 5.33. The second-order valence-electron chi connectivity index (χ2n) is 9.49. The van der Waals surface area contributed by atoms with Crippen molar-refractivity contribution in [3.05, 3.63) is 29.8 Å². The molecule has 7 heteroatoms. The summed E-state index contributed by atoms with van der Waals surface area (Å²) in [5.41, 5.74) is 4.28. The summed E-state index contributed by atoms with van der Waals surface area (Å²) in [5.74, 6) is 0.249. The van der Waals surface area contributed by atoms with E-state index in [9.17, 15) is 13.2 Å². The minimum absolute atomic E-state index is 0.0183. The highest BCUT2D eigenvalue weighted by Gasteiger charge is 2.60. The van der Waals surface area contributed by atoms with Crippen LogP contribution in [0, 0.1) is 16.7 Å². The maximum absolute atomic E-state index is 12.9. The van der Waals surface area contributed by atoms with Crippen LogP contribution < -0.4 is 5.43 Å². The number of rotatable bonds is 4. The maximum Gasteiger partial charge on any atom is 0.271 e. The van der Waals surface area contributed by atoms with Gasteiger partial charge in [0.1, 0.15) is 0 Å². The SMILES string of the molecule is CC1(C)[C@H]2CC[C@]1(C)/C(=N/NC(=O)c1cccc(S(=O)(=O)N3CCCCC3)c1)C2. The molecule has 1 N–H and O–H groups in total. The molecule has 1 heterocycles. The Labute approximate surface area is 173 Å². The van der Waals surface area contributed by atoms with Crippen LogP contribution >= 0.6 is 0 Å². The highest BCUT2D eigenvalue weighted by molar-refractivity contribution is 7.89. The topological polar surface area (TPSA) is 78.8 Å². The van der Waals surface area contributed by atoms with Gasteiger partial charge in [-0.3, -0.25) is 4.79 Å². The number of sulfonamides is 1. The van der Waals surface area contributed by atoms with Crippen molar-refractivity contribution in [2.75, 3.05) is 13.1 Å². The number of nitrogens with zero attached hydrogens (tertiary/aromatic N) is 2. The molecule has 2 saturated carbocycles. The summed E-state index contributed by atoms with van der Waals surface area (Å²) in [6.45, 7) is 7.93. The molecule has 29 heavy (non-hydrogen) atoms. The summed E-state index contributed by atoms with van der Waals surface area (Å²) in [4.78, 5) is 12.9. The number of amides is 1. The van der Waals surface area contributed by atoms with Gasteiger partial charge >= 0.3 is 0 Å². The van der Waals surface area contributed by atoms with Gasteiger partial charge in [0, 0.05) is 29.8 Å². The van der Waals surface area contributed by atoms with Crippen LogP contribution in [0.2, 0.25) is 0 Å². The lowest BCUT2D eigenvalue weighted by atomic mass is 9.70. The first-order chi connectivity index (χ1) is 13.7. The lowest BCUT2D eigenvalue weighted by Gasteiger charge is -2.34. The first-order valence-corrected chi connectivity index (χ1v) is 12.1. The fraction of sp³-hybridized carbons (Fsp3) is 0.636. The number of hydrazone groups is 1. The van der Waals surface area contributed by atoms with Gasteiger partial charge in [-0.05, 0) is 61.6 Å². The zero-order chi connectivity index (χ0) is 20.9. The predicted octanol–water partition coefficient (Wildman–Crippen LogP) is 3.79. The Balaban J connectivity index is 1.51. The molecule has 0 radical (unpaired) electrons. The molecule has 3 fully saturated rings. The van der Waals surface area contributed by atoms with Gasteiger partial charge in [-0.1, -0.05) is 33.3 Å². The first kappa shape index (κ1) is 20.5. The second kappa shape index (κ2) is 7.20.